The van der Waals surface area contributed by atoms with Gasteiger partial charge in [-0.1, -0.05) is 19.1 Å². The normalized spacial score (nSPS) is 39.2. The minimum Gasteiger partial charge on any atom is -0.299 e. The zero-order valence-corrected chi connectivity index (χ0v) is 13.9. The summed E-state index contributed by atoms with van der Waals surface area (Å²) in [4.78, 5) is 24.3. The molecule has 23 heavy (non-hydrogen) atoms. The summed E-state index contributed by atoms with van der Waals surface area (Å²) in [7, 11) is 0. The highest BCUT2D eigenvalue weighted by Crippen LogP contribution is 2.60. The van der Waals surface area contributed by atoms with Crippen LogP contribution >= 0.6 is 0 Å². The monoisotopic (exact) mass is 308 g/mol. The number of allylic oxidation sites excluding steroid dienone is 5. The maximum atomic E-state index is 12.6. The Hall–Kier alpha value is -1.66. The maximum Gasteiger partial charge on any atom is 0.156 e. The Bertz CT molecular complexity index is 701. The number of carbonyl (C=O) groups excluding carboxylic acids is 2. The predicted molar refractivity (Wildman–Crippen MR) is 89.7 cm³/mol. The molecule has 4 aliphatic carbocycles. The van der Waals surface area contributed by atoms with Crippen LogP contribution in [0, 0.1) is 23.2 Å². The summed E-state index contributed by atoms with van der Waals surface area (Å²) < 4.78 is 0. The summed E-state index contributed by atoms with van der Waals surface area (Å²) in [6.45, 7) is 5.97. The first-order valence-electron chi connectivity index (χ1n) is 8.90. The lowest BCUT2D eigenvalue weighted by atomic mass is 9.54. The summed E-state index contributed by atoms with van der Waals surface area (Å²) in [6.07, 6.45) is 10.2. The van der Waals surface area contributed by atoms with E-state index in [0.29, 0.717) is 24.0 Å². The molecule has 0 aromatic rings. The van der Waals surface area contributed by atoms with Crippen molar-refractivity contribution in [3.63, 3.8) is 0 Å². The Labute approximate surface area is 138 Å². The van der Waals surface area contributed by atoms with Gasteiger partial charge in [-0.3, -0.25) is 9.59 Å². The number of hydrogen-bond donors (Lipinski definition) is 0. The molecule has 0 bridgehead atoms. The summed E-state index contributed by atoms with van der Waals surface area (Å²) >= 11 is 0. The van der Waals surface area contributed by atoms with E-state index in [1.54, 1.807) is 0 Å². The van der Waals surface area contributed by atoms with Gasteiger partial charge in [0.05, 0.1) is 0 Å². The highest BCUT2D eigenvalue weighted by molar-refractivity contribution is 5.93. The number of hydrogen-bond acceptors (Lipinski definition) is 2. The van der Waals surface area contributed by atoms with Crippen LogP contribution in [0.5, 0.6) is 0 Å². The molecule has 0 spiro atoms. The van der Waals surface area contributed by atoms with Crippen LogP contribution in [-0.2, 0) is 9.59 Å². The molecule has 2 heteroatoms. The second-order valence-electron chi connectivity index (χ2n) is 7.88. The van der Waals surface area contributed by atoms with Crippen molar-refractivity contribution in [3.8, 4) is 0 Å². The van der Waals surface area contributed by atoms with Crippen LogP contribution < -0.4 is 0 Å². The van der Waals surface area contributed by atoms with E-state index in [4.69, 9.17) is 0 Å². The second-order valence-corrected chi connectivity index (χ2v) is 7.88. The van der Waals surface area contributed by atoms with Crippen molar-refractivity contribution in [2.24, 2.45) is 23.2 Å². The van der Waals surface area contributed by atoms with Crippen LogP contribution in [-0.4, -0.2) is 11.6 Å². The average molecular weight is 308 g/mol. The van der Waals surface area contributed by atoms with Crippen molar-refractivity contribution in [2.45, 2.75) is 51.9 Å². The van der Waals surface area contributed by atoms with Gasteiger partial charge in [0.25, 0.3) is 0 Å². The second kappa shape index (κ2) is 5.18. The van der Waals surface area contributed by atoms with E-state index in [0.717, 1.165) is 38.5 Å². The molecule has 120 valence electrons. The number of fused-ring (bicyclic) bond motifs is 4. The third-order valence-electron chi connectivity index (χ3n) is 6.80. The first-order valence-corrected chi connectivity index (χ1v) is 8.90. The molecule has 2 nitrogen and oxygen atoms in total. The quantitative estimate of drug-likeness (QED) is 0.676. The average Bonchev–Trinajstić information content (AvgIpc) is 2.82. The van der Waals surface area contributed by atoms with Gasteiger partial charge < -0.3 is 0 Å². The molecule has 0 radical (unpaired) electrons. The Balaban J connectivity index is 1.86. The van der Waals surface area contributed by atoms with E-state index in [2.05, 4.69) is 25.3 Å². The smallest absolute Gasteiger partial charge is 0.156 e. The van der Waals surface area contributed by atoms with Crippen molar-refractivity contribution in [1.82, 2.24) is 0 Å². The molecule has 0 saturated heterocycles. The van der Waals surface area contributed by atoms with Crippen molar-refractivity contribution >= 4 is 11.6 Å². The van der Waals surface area contributed by atoms with Gasteiger partial charge >= 0.3 is 0 Å². The third-order valence-corrected chi connectivity index (χ3v) is 6.80. The Kier molecular flexibility index (Phi) is 3.35. The summed E-state index contributed by atoms with van der Waals surface area (Å²) in [5.41, 5.74) is 7.02. The molecule has 0 unspecified atom stereocenters. The molecule has 0 heterocycles. The molecule has 4 atom stereocenters. The fraction of sp³-hybridized carbons (Fsp3) is 0.571. The molecular weight excluding hydrogens is 284 g/mol. The minimum atomic E-state index is -0.168. The molecule has 4 aliphatic rings. The molecule has 0 aromatic heterocycles. The summed E-state index contributed by atoms with van der Waals surface area (Å²) in [5.74, 6) is 2.00. The summed E-state index contributed by atoms with van der Waals surface area (Å²) in [6, 6.07) is 0. The lowest BCUT2D eigenvalue weighted by Crippen LogP contribution is -2.43. The number of carbonyl (C=O) groups is 2. The zero-order chi connectivity index (χ0) is 16.2. The minimum absolute atomic E-state index is 0.168. The third kappa shape index (κ3) is 2.08. The van der Waals surface area contributed by atoms with Crippen molar-refractivity contribution in [1.29, 1.82) is 0 Å². The lowest BCUT2D eigenvalue weighted by Gasteiger charge is -2.49. The SMILES string of the molecule is C=C=C[C@H]1C[C@]2(C)C(=O)CC[C@H]2[C@@H]2CCC3=CC(=O)CCC3=C21. The molecule has 2 fully saturated rings. The van der Waals surface area contributed by atoms with Crippen LogP contribution in [0.3, 0.4) is 0 Å². The largest absolute Gasteiger partial charge is 0.299 e. The van der Waals surface area contributed by atoms with Gasteiger partial charge in [0.2, 0.25) is 0 Å². The molecule has 0 aliphatic heterocycles. The van der Waals surface area contributed by atoms with Crippen molar-refractivity contribution in [3.05, 3.63) is 41.2 Å². The van der Waals surface area contributed by atoms with Crippen LogP contribution in [0.25, 0.3) is 0 Å². The van der Waals surface area contributed by atoms with E-state index in [1.807, 2.05) is 6.08 Å². The lowest BCUT2D eigenvalue weighted by molar-refractivity contribution is -0.128. The molecule has 0 N–H and O–H groups in total. The van der Waals surface area contributed by atoms with Crippen molar-refractivity contribution < 1.29 is 9.59 Å². The predicted octanol–water partition coefficient (Wildman–Crippen LogP) is 4.33. The molecular formula is C21H24O2. The Morgan fingerprint density at radius 1 is 1.22 bits per heavy atom. The van der Waals surface area contributed by atoms with Crippen molar-refractivity contribution in [2.75, 3.05) is 0 Å². The van der Waals surface area contributed by atoms with E-state index in [1.165, 1.54) is 16.7 Å². The van der Waals surface area contributed by atoms with Gasteiger partial charge in [0, 0.05) is 24.2 Å². The van der Waals surface area contributed by atoms with E-state index >= 15 is 0 Å². The zero-order valence-electron chi connectivity index (χ0n) is 13.9. The first kappa shape index (κ1) is 14.9. The maximum absolute atomic E-state index is 12.6. The van der Waals surface area contributed by atoms with Crippen LogP contribution in [0.1, 0.15) is 51.9 Å². The van der Waals surface area contributed by atoms with Crippen LogP contribution in [0.15, 0.2) is 41.2 Å². The molecule has 4 rings (SSSR count). The van der Waals surface area contributed by atoms with Crippen LogP contribution in [0.4, 0.5) is 0 Å². The fourth-order valence-electron chi connectivity index (χ4n) is 5.79. The van der Waals surface area contributed by atoms with Gasteiger partial charge in [-0.05, 0) is 67.2 Å². The van der Waals surface area contributed by atoms with E-state index in [9.17, 15) is 9.59 Å². The van der Waals surface area contributed by atoms with Gasteiger partial charge in [0.15, 0.2) is 5.78 Å². The molecule has 2 saturated carbocycles. The van der Waals surface area contributed by atoms with Gasteiger partial charge in [-0.2, -0.15) is 0 Å². The fourth-order valence-corrected chi connectivity index (χ4v) is 5.79. The molecule has 0 aromatic carbocycles. The number of Topliss-reactive ketones (excluding diaryl/α,β-unsaturated/α-hetero) is 1. The Morgan fingerprint density at radius 2 is 2.04 bits per heavy atom. The van der Waals surface area contributed by atoms with Crippen LogP contribution in [0.2, 0.25) is 0 Å². The van der Waals surface area contributed by atoms with Gasteiger partial charge in [-0.25, -0.2) is 0 Å². The number of ketones is 2. The highest BCUT2D eigenvalue weighted by Gasteiger charge is 2.55. The highest BCUT2D eigenvalue weighted by atomic mass is 16.1. The van der Waals surface area contributed by atoms with E-state index < -0.39 is 0 Å². The standard InChI is InChI=1S/C21H24O2/c1-3-4-14-12-21(2)18(9-10-19(21)23)17-7-5-13-11-15(22)6-8-16(13)20(14)17/h4,11,14,17-18H,1,5-10,12H2,2H3/t14-,17-,18-,21-/m0/s1. The number of rotatable bonds is 1. The van der Waals surface area contributed by atoms with Gasteiger partial charge in [0.1, 0.15) is 5.78 Å². The van der Waals surface area contributed by atoms with E-state index in [-0.39, 0.29) is 17.1 Å². The Morgan fingerprint density at radius 3 is 2.83 bits per heavy atom. The van der Waals surface area contributed by atoms with Gasteiger partial charge in [-0.15, -0.1) is 5.73 Å². The topological polar surface area (TPSA) is 34.1 Å². The summed E-state index contributed by atoms with van der Waals surface area (Å²) in [5, 5.41) is 0. The first-order chi connectivity index (χ1) is 11.0. The molecule has 0 amide bonds.